The molecule has 1 atom stereocenters. The van der Waals surface area contributed by atoms with Gasteiger partial charge in [-0.15, -0.1) is 0 Å². The molecule has 2 rings (SSSR count). The van der Waals surface area contributed by atoms with E-state index < -0.39 is 17.6 Å². The summed E-state index contributed by atoms with van der Waals surface area (Å²) in [5.74, 6) is -0.535. The van der Waals surface area contributed by atoms with E-state index in [1.54, 1.807) is 17.9 Å². The van der Waals surface area contributed by atoms with Crippen molar-refractivity contribution in [1.82, 2.24) is 15.1 Å². The first kappa shape index (κ1) is 16.8. The number of amides is 1. The minimum Gasteiger partial charge on any atom is -0.378 e. The predicted octanol–water partition coefficient (Wildman–Crippen LogP) is 2.81. The molecule has 22 heavy (non-hydrogen) atoms. The quantitative estimate of drug-likeness (QED) is 0.898. The largest absolute Gasteiger partial charge is 0.378 e. The molecule has 0 bridgehead atoms. The fraction of sp³-hybridized carbons (Fsp3) is 0.333. The lowest BCUT2D eigenvalue weighted by Crippen LogP contribution is -2.43. The average molecular weight is 342 g/mol. The highest BCUT2D eigenvalue weighted by atomic mass is 35.5. The van der Waals surface area contributed by atoms with E-state index in [2.05, 4.69) is 10.4 Å². The van der Waals surface area contributed by atoms with E-state index in [4.69, 9.17) is 23.2 Å². The highest BCUT2D eigenvalue weighted by Crippen LogP contribution is 2.25. The summed E-state index contributed by atoms with van der Waals surface area (Å²) >= 11 is 11.8. The van der Waals surface area contributed by atoms with Crippen molar-refractivity contribution in [2.45, 2.75) is 25.5 Å². The third-order valence-electron chi connectivity index (χ3n) is 3.31. The standard InChI is InChI=1S/C15H17Cl2N3O2/c1-15(2,10-7-18-20(3)8-10)19-14(22)13(21)9-4-11(16)6-12(17)5-9/h4-8,13,21H,1-3H3,(H,19,22)/t13-/m1/s1. The average Bonchev–Trinajstić information content (AvgIpc) is 2.83. The van der Waals surface area contributed by atoms with Crippen LogP contribution < -0.4 is 5.32 Å². The summed E-state index contributed by atoms with van der Waals surface area (Å²) in [7, 11) is 1.80. The maximum atomic E-state index is 12.3. The zero-order valence-electron chi connectivity index (χ0n) is 12.5. The fourth-order valence-electron chi connectivity index (χ4n) is 2.08. The molecule has 1 amide bonds. The molecule has 0 aliphatic heterocycles. The van der Waals surface area contributed by atoms with Gasteiger partial charge in [0, 0.05) is 28.9 Å². The molecule has 0 aliphatic carbocycles. The molecule has 0 fully saturated rings. The van der Waals surface area contributed by atoms with Crippen molar-refractivity contribution in [3.8, 4) is 0 Å². The number of aliphatic hydroxyl groups excluding tert-OH is 1. The zero-order valence-corrected chi connectivity index (χ0v) is 14.0. The summed E-state index contributed by atoms with van der Waals surface area (Å²) in [6.07, 6.45) is 2.12. The van der Waals surface area contributed by atoms with Gasteiger partial charge >= 0.3 is 0 Å². The van der Waals surface area contributed by atoms with Crippen molar-refractivity contribution < 1.29 is 9.90 Å². The second-order valence-electron chi connectivity index (χ2n) is 5.62. The minimum absolute atomic E-state index is 0.344. The second-order valence-corrected chi connectivity index (χ2v) is 6.50. The van der Waals surface area contributed by atoms with Crippen molar-refractivity contribution in [3.63, 3.8) is 0 Å². The molecule has 0 radical (unpaired) electrons. The van der Waals surface area contributed by atoms with Gasteiger partial charge < -0.3 is 10.4 Å². The molecule has 0 aliphatic rings. The van der Waals surface area contributed by atoms with Gasteiger partial charge in [0.1, 0.15) is 0 Å². The van der Waals surface area contributed by atoms with Crippen LogP contribution in [0.25, 0.3) is 0 Å². The van der Waals surface area contributed by atoms with Crippen LogP contribution >= 0.6 is 23.2 Å². The third kappa shape index (κ3) is 3.80. The molecule has 0 saturated carbocycles. The molecule has 5 nitrogen and oxygen atoms in total. The van der Waals surface area contributed by atoms with Crippen molar-refractivity contribution >= 4 is 29.1 Å². The van der Waals surface area contributed by atoms with Crippen LogP contribution in [-0.2, 0) is 17.4 Å². The molecular weight excluding hydrogens is 325 g/mol. The number of aliphatic hydroxyl groups is 1. The van der Waals surface area contributed by atoms with Gasteiger partial charge in [0.05, 0.1) is 11.7 Å². The van der Waals surface area contributed by atoms with E-state index in [1.807, 2.05) is 20.0 Å². The van der Waals surface area contributed by atoms with Gasteiger partial charge in [0.25, 0.3) is 5.91 Å². The van der Waals surface area contributed by atoms with Crippen LogP contribution in [0.4, 0.5) is 0 Å². The van der Waals surface area contributed by atoms with Crippen LogP contribution in [0.3, 0.4) is 0 Å². The summed E-state index contributed by atoms with van der Waals surface area (Å²) in [6.45, 7) is 3.67. The Morgan fingerprint density at radius 2 is 1.91 bits per heavy atom. The van der Waals surface area contributed by atoms with Gasteiger partial charge in [-0.1, -0.05) is 23.2 Å². The van der Waals surface area contributed by atoms with Gasteiger partial charge in [-0.2, -0.15) is 5.10 Å². The van der Waals surface area contributed by atoms with Crippen LogP contribution in [0.1, 0.15) is 31.1 Å². The number of hydrogen-bond acceptors (Lipinski definition) is 3. The number of nitrogens with zero attached hydrogens (tertiary/aromatic N) is 2. The number of benzene rings is 1. The number of carbonyl (C=O) groups is 1. The SMILES string of the molecule is Cn1cc(C(C)(C)NC(=O)[C@H](O)c2cc(Cl)cc(Cl)c2)cn1. The molecule has 118 valence electrons. The summed E-state index contributed by atoms with van der Waals surface area (Å²) < 4.78 is 1.65. The van der Waals surface area contributed by atoms with Crippen LogP contribution in [-0.4, -0.2) is 20.8 Å². The first-order chi connectivity index (χ1) is 10.2. The Balaban J connectivity index is 2.17. The van der Waals surface area contributed by atoms with Gasteiger partial charge in [-0.05, 0) is 37.6 Å². The molecule has 1 aromatic carbocycles. The summed E-state index contributed by atoms with van der Waals surface area (Å²) in [4.78, 5) is 12.3. The summed E-state index contributed by atoms with van der Waals surface area (Å²) in [5, 5.41) is 17.8. The molecule has 2 aromatic rings. The highest BCUT2D eigenvalue weighted by molar-refractivity contribution is 6.34. The van der Waals surface area contributed by atoms with Crippen molar-refractivity contribution in [1.29, 1.82) is 0 Å². The Hall–Kier alpha value is -1.56. The molecule has 1 aromatic heterocycles. The Bertz CT molecular complexity index is 678. The topological polar surface area (TPSA) is 67.2 Å². The smallest absolute Gasteiger partial charge is 0.254 e. The number of carbonyl (C=O) groups excluding carboxylic acids is 1. The summed E-state index contributed by atoms with van der Waals surface area (Å²) in [5.41, 5.74) is 0.506. The Kier molecular flexibility index (Phi) is 4.80. The highest BCUT2D eigenvalue weighted by Gasteiger charge is 2.28. The number of aryl methyl sites for hydroxylation is 1. The van der Waals surface area contributed by atoms with Crippen LogP contribution in [0, 0.1) is 0 Å². The van der Waals surface area contributed by atoms with E-state index in [0.29, 0.717) is 15.6 Å². The summed E-state index contributed by atoms with van der Waals surface area (Å²) in [6, 6.07) is 4.56. The maximum absolute atomic E-state index is 12.3. The Morgan fingerprint density at radius 3 is 2.41 bits per heavy atom. The molecule has 1 heterocycles. The minimum atomic E-state index is -1.35. The fourth-order valence-corrected chi connectivity index (χ4v) is 2.62. The number of hydrogen-bond donors (Lipinski definition) is 2. The molecular formula is C15H17Cl2N3O2. The number of rotatable bonds is 4. The van der Waals surface area contributed by atoms with E-state index in [-0.39, 0.29) is 0 Å². The van der Waals surface area contributed by atoms with Crippen molar-refractivity contribution in [2.75, 3.05) is 0 Å². The lowest BCUT2D eigenvalue weighted by molar-refractivity contribution is -0.131. The second kappa shape index (κ2) is 6.28. The van der Waals surface area contributed by atoms with E-state index in [9.17, 15) is 9.90 Å². The molecule has 0 saturated heterocycles. The lowest BCUT2D eigenvalue weighted by atomic mass is 9.96. The van der Waals surface area contributed by atoms with Gasteiger partial charge in [-0.25, -0.2) is 0 Å². The zero-order chi connectivity index (χ0) is 16.5. The number of aromatic nitrogens is 2. The first-order valence-corrected chi connectivity index (χ1v) is 7.40. The Labute approximate surface area is 138 Å². The van der Waals surface area contributed by atoms with Gasteiger partial charge in [0.15, 0.2) is 6.10 Å². The molecule has 2 N–H and O–H groups in total. The van der Waals surface area contributed by atoms with Crippen molar-refractivity contribution in [3.05, 3.63) is 51.8 Å². The van der Waals surface area contributed by atoms with Crippen LogP contribution in [0.5, 0.6) is 0 Å². The first-order valence-electron chi connectivity index (χ1n) is 6.64. The molecule has 7 heteroatoms. The van der Waals surface area contributed by atoms with E-state index in [1.165, 1.54) is 18.2 Å². The predicted molar refractivity (Wildman–Crippen MR) is 85.8 cm³/mol. The van der Waals surface area contributed by atoms with Crippen LogP contribution in [0.15, 0.2) is 30.6 Å². The van der Waals surface area contributed by atoms with Gasteiger partial charge in [-0.3, -0.25) is 9.48 Å². The third-order valence-corrected chi connectivity index (χ3v) is 3.75. The van der Waals surface area contributed by atoms with Gasteiger partial charge in [0.2, 0.25) is 0 Å². The number of halogens is 2. The van der Waals surface area contributed by atoms with Crippen molar-refractivity contribution in [2.24, 2.45) is 7.05 Å². The maximum Gasteiger partial charge on any atom is 0.254 e. The Morgan fingerprint density at radius 1 is 1.32 bits per heavy atom. The molecule has 0 unspecified atom stereocenters. The lowest BCUT2D eigenvalue weighted by Gasteiger charge is -2.26. The monoisotopic (exact) mass is 341 g/mol. The van der Waals surface area contributed by atoms with E-state index >= 15 is 0 Å². The number of nitrogens with one attached hydrogen (secondary N) is 1. The van der Waals surface area contributed by atoms with Crippen LogP contribution in [0.2, 0.25) is 10.0 Å². The normalized spacial score (nSPS) is 13.0. The van der Waals surface area contributed by atoms with E-state index in [0.717, 1.165) is 5.56 Å². The molecule has 0 spiro atoms.